The molecule has 0 aromatic heterocycles. The third-order valence-corrected chi connectivity index (χ3v) is 3.75. The minimum absolute atomic E-state index is 0.738. The van der Waals surface area contributed by atoms with Gasteiger partial charge in [0, 0.05) is 19.3 Å². The van der Waals surface area contributed by atoms with Crippen LogP contribution in [0, 0.1) is 11.8 Å². The highest BCUT2D eigenvalue weighted by Gasteiger charge is 2.22. The van der Waals surface area contributed by atoms with E-state index in [4.69, 9.17) is 4.74 Å². The maximum absolute atomic E-state index is 5.71. The molecule has 0 aromatic carbocycles. The van der Waals surface area contributed by atoms with E-state index in [1.165, 1.54) is 38.5 Å². The molecule has 1 saturated carbocycles. The summed E-state index contributed by atoms with van der Waals surface area (Å²) in [7, 11) is 2.10. The van der Waals surface area contributed by atoms with Gasteiger partial charge in [-0.3, -0.25) is 0 Å². The van der Waals surface area contributed by atoms with E-state index >= 15 is 0 Å². The Kier molecular flexibility index (Phi) is 7.06. The summed E-state index contributed by atoms with van der Waals surface area (Å²) in [5.74, 6) is 1.61. The Morgan fingerprint density at radius 2 is 1.94 bits per heavy atom. The Hall–Kier alpha value is -0.0800. The molecule has 1 aliphatic rings. The van der Waals surface area contributed by atoms with Crippen LogP contribution in [-0.4, -0.2) is 26.3 Å². The van der Waals surface area contributed by atoms with Crippen LogP contribution in [0.15, 0.2) is 0 Å². The Labute approximate surface area is 101 Å². The van der Waals surface area contributed by atoms with Gasteiger partial charge in [0.05, 0.1) is 0 Å². The van der Waals surface area contributed by atoms with Gasteiger partial charge in [0.15, 0.2) is 0 Å². The van der Waals surface area contributed by atoms with E-state index in [0.717, 1.165) is 31.1 Å². The normalized spacial score (nSPS) is 26.2. The fourth-order valence-corrected chi connectivity index (χ4v) is 2.59. The Morgan fingerprint density at radius 3 is 2.62 bits per heavy atom. The molecule has 1 aliphatic carbocycles. The van der Waals surface area contributed by atoms with Crippen LogP contribution in [0.25, 0.3) is 0 Å². The molecule has 2 unspecified atom stereocenters. The molecule has 0 amide bonds. The molecule has 0 heterocycles. The zero-order valence-corrected chi connectivity index (χ0v) is 11.3. The van der Waals surface area contributed by atoms with Crippen molar-refractivity contribution in [3.05, 3.63) is 0 Å². The second-order valence-electron chi connectivity index (χ2n) is 5.52. The van der Waals surface area contributed by atoms with Crippen molar-refractivity contribution in [2.75, 3.05) is 20.3 Å². The van der Waals surface area contributed by atoms with Crippen LogP contribution >= 0.6 is 0 Å². The summed E-state index contributed by atoms with van der Waals surface area (Å²) in [5.41, 5.74) is 0. The van der Waals surface area contributed by atoms with Crippen LogP contribution in [0.4, 0.5) is 0 Å². The highest BCUT2D eigenvalue weighted by molar-refractivity contribution is 4.79. The summed E-state index contributed by atoms with van der Waals surface area (Å²) in [4.78, 5) is 0. The van der Waals surface area contributed by atoms with Crippen LogP contribution in [0.3, 0.4) is 0 Å². The first-order chi connectivity index (χ1) is 7.74. The smallest absolute Gasteiger partial charge is 0.0469 e. The molecule has 2 atom stereocenters. The van der Waals surface area contributed by atoms with Crippen molar-refractivity contribution in [1.29, 1.82) is 0 Å². The van der Waals surface area contributed by atoms with Crippen LogP contribution in [-0.2, 0) is 4.74 Å². The Balaban J connectivity index is 2.06. The van der Waals surface area contributed by atoms with Crippen LogP contribution in [0.1, 0.15) is 52.4 Å². The van der Waals surface area contributed by atoms with Gasteiger partial charge in [-0.15, -0.1) is 0 Å². The van der Waals surface area contributed by atoms with Crippen molar-refractivity contribution < 1.29 is 4.74 Å². The van der Waals surface area contributed by atoms with Crippen molar-refractivity contribution in [3.63, 3.8) is 0 Å². The molecule has 1 fully saturated rings. The van der Waals surface area contributed by atoms with E-state index < -0.39 is 0 Å². The van der Waals surface area contributed by atoms with Crippen molar-refractivity contribution in [2.45, 2.75) is 58.4 Å². The van der Waals surface area contributed by atoms with Crippen LogP contribution in [0.2, 0.25) is 0 Å². The summed E-state index contributed by atoms with van der Waals surface area (Å²) < 4.78 is 5.71. The quantitative estimate of drug-likeness (QED) is 0.674. The SMILES string of the molecule is CNC1CCCCC1CCOCCC(C)C. The average molecular weight is 227 g/mol. The van der Waals surface area contributed by atoms with Crippen LogP contribution < -0.4 is 5.32 Å². The molecule has 0 spiro atoms. The first-order valence-electron chi connectivity index (χ1n) is 6.99. The zero-order chi connectivity index (χ0) is 11.8. The zero-order valence-electron chi connectivity index (χ0n) is 11.3. The van der Waals surface area contributed by atoms with Gasteiger partial charge in [-0.1, -0.05) is 26.7 Å². The van der Waals surface area contributed by atoms with Gasteiger partial charge in [-0.05, 0) is 44.6 Å². The van der Waals surface area contributed by atoms with Gasteiger partial charge in [0.1, 0.15) is 0 Å². The summed E-state index contributed by atoms with van der Waals surface area (Å²) in [5, 5.41) is 3.46. The molecule has 1 rings (SSSR count). The summed E-state index contributed by atoms with van der Waals surface area (Å²) in [6, 6.07) is 0.738. The molecule has 96 valence electrons. The van der Waals surface area contributed by atoms with Gasteiger partial charge in [-0.25, -0.2) is 0 Å². The minimum Gasteiger partial charge on any atom is -0.381 e. The molecule has 0 aliphatic heterocycles. The number of hydrogen-bond donors (Lipinski definition) is 1. The maximum atomic E-state index is 5.71. The molecule has 2 heteroatoms. The fraction of sp³-hybridized carbons (Fsp3) is 1.00. The lowest BCUT2D eigenvalue weighted by Gasteiger charge is -2.31. The van der Waals surface area contributed by atoms with Gasteiger partial charge in [0.2, 0.25) is 0 Å². The van der Waals surface area contributed by atoms with E-state index in [1.54, 1.807) is 0 Å². The molecule has 0 bridgehead atoms. The molecule has 2 nitrogen and oxygen atoms in total. The van der Waals surface area contributed by atoms with E-state index in [9.17, 15) is 0 Å². The lowest BCUT2D eigenvalue weighted by atomic mass is 9.83. The number of nitrogens with one attached hydrogen (secondary N) is 1. The highest BCUT2D eigenvalue weighted by atomic mass is 16.5. The first kappa shape index (κ1) is 14.0. The molecule has 16 heavy (non-hydrogen) atoms. The van der Waals surface area contributed by atoms with Gasteiger partial charge in [-0.2, -0.15) is 0 Å². The van der Waals surface area contributed by atoms with Crippen LogP contribution in [0.5, 0.6) is 0 Å². The van der Waals surface area contributed by atoms with Crippen molar-refractivity contribution in [2.24, 2.45) is 11.8 Å². The third kappa shape index (κ3) is 5.31. The van der Waals surface area contributed by atoms with Gasteiger partial charge >= 0.3 is 0 Å². The van der Waals surface area contributed by atoms with Crippen molar-refractivity contribution >= 4 is 0 Å². The summed E-state index contributed by atoms with van der Waals surface area (Å²) in [6.45, 7) is 6.40. The molecular weight excluding hydrogens is 198 g/mol. The van der Waals surface area contributed by atoms with E-state index in [2.05, 4.69) is 26.2 Å². The van der Waals surface area contributed by atoms with E-state index in [-0.39, 0.29) is 0 Å². The molecule has 1 N–H and O–H groups in total. The topological polar surface area (TPSA) is 21.3 Å². The van der Waals surface area contributed by atoms with E-state index in [1.807, 2.05) is 0 Å². The highest BCUT2D eigenvalue weighted by Crippen LogP contribution is 2.26. The predicted molar refractivity (Wildman–Crippen MR) is 69.7 cm³/mol. The lowest BCUT2D eigenvalue weighted by Crippen LogP contribution is -2.36. The molecular formula is C14H29NO. The fourth-order valence-electron chi connectivity index (χ4n) is 2.59. The van der Waals surface area contributed by atoms with Crippen molar-refractivity contribution in [1.82, 2.24) is 5.32 Å². The minimum atomic E-state index is 0.738. The van der Waals surface area contributed by atoms with Gasteiger partial charge < -0.3 is 10.1 Å². The van der Waals surface area contributed by atoms with Gasteiger partial charge in [0.25, 0.3) is 0 Å². The molecule has 0 aromatic rings. The standard InChI is InChI=1S/C14H29NO/c1-12(2)8-10-16-11-9-13-6-4-5-7-14(13)15-3/h12-15H,4-11H2,1-3H3. The summed E-state index contributed by atoms with van der Waals surface area (Å²) >= 11 is 0. The monoisotopic (exact) mass is 227 g/mol. The maximum Gasteiger partial charge on any atom is 0.0469 e. The summed E-state index contributed by atoms with van der Waals surface area (Å²) in [6.07, 6.45) is 7.99. The first-order valence-corrected chi connectivity index (χ1v) is 6.99. The molecule has 0 saturated heterocycles. The lowest BCUT2D eigenvalue weighted by molar-refractivity contribution is 0.0984. The number of hydrogen-bond acceptors (Lipinski definition) is 2. The Bertz CT molecular complexity index is 170. The van der Waals surface area contributed by atoms with E-state index in [0.29, 0.717) is 0 Å². The second-order valence-corrected chi connectivity index (χ2v) is 5.52. The largest absolute Gasteiger partial charge is 0.381 e. The number of rotatable bonds is 7. The second kappa shape index (κ2) is 8.08. The average Bonchev–Trinajstić information content (AvgIpc) is 2.29. The Morgan fingerprint density at radius 1 is 1.19 bits per heavy atom. The van der Waals surface area contributed by atoms with Crippen molar-refractivity contribution in [3.8, 4) is 0 Å². The predicted octanol–water partition coefficient (Wildman–Crippen LogP) is 3.22. The third-order valence-electron chi connectivity index (χ3n) is 3.75. The molecule has 0 radical (unpaired) electrons. The number of ether oxygens (including phenoxy) is 1.